The van der Waals surface area contributed by atoms with Crippen molar-refractivity contribution in [1.82, 2.24) is 4.98 Å². The van der Waals surface area contributed by atoms with E-state index in [9.17, 15) is 14.3 Å². The molecule has 0 N–H and O–H groups in total. The SMILES string of the molecule is O=C([O-])Cc1sc(-c2ccc(F)cc2)nc1-c1ccc(Cl)s1. The Bertz CT molecular complexity index is 826. The summed E-state index contributed by atoms with van der Waals surface area (Å²) in [6, 6.07) is 9.45. The molecular formula is C15H8ClFNO2S2-. The van der Waals surface area contributed by atoms with E-state index in [1.54, 1.807) is 24.3 Å². The second-order valence-electron chi connectivity index (χ2n) is 4.45. The summed E-state index contributed by atoms with van der Waals surface area (Å²) < 4.78 is 13.6. The lowest BCUT2D eigenvalue weighted by Crippen LogP contribution is -2.24. The number of halogens is 2. The van der Waals surface area contributed by atoms with Crippen molar-refractivity contribution < 1.29 is 14.3 Å². The summed E-state index contributed by atoms with van der Waals surface area (Å²) in [6.07, 6.45) is -0.219. The first kappa shape index (κ1) is 15.1. The van der Waals surface area contributed by atoms with Crippen LogP contribution in [-0.4, -0.2) is 11.0 Å². The molecule has 0 aliphatic carbocycles. The zero-order valence-corrected chi connectivity index (χ0v) is 13.4. The Balaban J connectivity index is 2.07. The van der Waals surface area contributed by atoms with Crippen LogP contribution in [-0.2, 0) is 11.2 Å². The molecule has 0 aliphatic heterocycles. The minimum atomic E-state index is -1.17. The first-order chi connectivity index (χ1) is 10.5. The van der Waals surface area contributed by atoms with Gasteiger partial charge in [-0.15, -0.1) is 22.7 Å². The Hall–Kier alpha value is -1.76. The number of aromatic nitrogens is 1. The van der Waals surface area contributed by atoms with Gasteiger partial charge in [0, 0.05) is 22.8 Å². The number of carboxylic acids is 1. The molecule has 0 saturated heterocycles. The molecule has 0 radical (unpaired) electrons. The van der Waals surface area contributed by atoms with Crippen LogP contribution in [0, 0.1) is 5.82 Å². The van der Waals surface area contributed by atoms with Gasteiger partial charge in [-0.3, -0.25) is 0 Å². The van der Waals surface area contributed by atoms with Gasteiger partial charge in [-0.25, -0.2) is 9.37 Å². The first-order valence-electron chi connectivity index (χ1n) is 6.24. The number of thiazole rings is 1. The number of benzene rings is 1. The standard InChI is InChI=1S/C15H9ClFNO2S2/c16-12-6-5-10(21-12)14-11(7-13(19)20)22-15(18-14)8-1-3-9(17)4-2-8/h1-6H,7H2,(H,19,20)/p-1. The molecule has 3 aromatic rings. The van der Waals surface area contributed by atoms with E-state index in [0.717, 1.165) is 10.4 Å². The third-order valence-corrected chi connectivity index (χ3v) is 5.24. The van der Waals surface area contributed by atoms with Crippen LogP contribution >= 0.6 is 34.3 Å². The topological polar surface area (TPSA) is 53.0 Å². The van der Waals surface area contributed by atoms with Crippen molar-refractivity contribution in [2.45, 2.75) is 6.42 Å². The van der Waals surface area contributed by atoms with Crippen LogP contribution in [0.15, 0.2) is 36.4 Å². The molecule has 0 spiro atoms. The number of hydrogen-bond acceptors (Lipinski definition) is 5. The Labute approximate surface area is 138 Å². The van der Waals surface area contributed by atoms with E-state index < -0.39 is 5.97 Å². The highest BCUT2D eigenvalue weighted by atomic mass is 35.5. The van der Waals surface area contributed by atoms with Gasteiger partial charge in [-0.2, -0.15) is 0 Å². The molecule has 2 heterocycles. The fourth-order valence-corrected chi connectivity index (χ4v) is 4.14. The third kappa shape index (κ3) is 3.19. The quantitative estimate of drug-likeness (QED) is 0.720. The smallest absolute Gasteiger partial charge is 0.124 e. The summed E-state index contributed by atoms with van der Waals surface area (Å²) in [4.78, 5) is 16.8. The minimum Gasteiger partial charge on any atom is -0.550 e. The zero-order chi connectivity index (χ0) is 15.7. The van der Waals surface area contributed by atoms with Crippen molar-refractivity contribution in [1.29, 1.82) is 0 Å². The average Bonchev–Trinajstić information content (AvgIpc) is 3.05. The number of nitrogens with zero attached hydrogens (tertiary/aromatic N) is 1. The summed E-state index contributed by atoms with van der Waals surface area (Å²) in [5.74, 6) is -1.50. The lowest BCUT2D eigenvalue weighted by atomic mass is 10.2. The molecule has 0 atom stereocenters. The number of carboxylic acid groups (broad SMARTS) is 1. The molecule has 3 rings (SSSR count). The number of rotatable bonds is 4. The highest BCUT2D eigenvalue weighted by molar-refractivity contribution is 7.20. The molecule has 0 aliphatic rings. The van der Waals surface area contributed by atoms with Gasteiger partial charge in [0.1, 0.15) is 10.8 Å². The molecule has 0 unspecified atom stereocenters. The zero-order valence-electron chi connectivity index (χ0n) is 11.0. The maximum atomic E-state index is 13.0. The van der Waals surface area contributed by atoms with Gasteiger partial charge in [0.2, 0.25) is 0 Å². The van der Waals surface area contributed by atoms with Gasteiger partial charge < -0.3 is 9.90 Å². The first-order valence-corrected chi connectivity index (χ1v) is 8.25. The summed E-state index contributed by atoms with van der Waals surface area (Å²) in [5, 5.41) is 11.6. The number of carbonyl (C=O) groups excluding carboxylic acids is 1. The predicted molar refractivity (Wildman–Crippen MR) is 84.5 cm³/mol. The maximum Gasteiger partial charge on any atom is 0.124 e. The van der Waals surface area contributed by atoms with E-state index in [-0.39, 0.29) is 12.2 Å². The molecular weight excluding hydrogens is 345 g/mol. The van der Waals surface area contributed by atoms with E-state index in [1.165, 1.54) is 34.8 Å². The number of aliphatic carboxylic acids is 1. The largest absolute Gasteiger partial charge is 0.550 e. The van der Waals surface area contributed by atoms with Gasteiger partial charge in [-0.1, -0.05) is 11.6 Å². The number of hydrogen-bond donors (Lipinski definition) is 0. The van der Waals surface area contributed by atoms with Crippen LogP contribution in [0.5, 0.6) is 0 Å². The lowest BCUT2D eigenvalue weighted by molar-refractivity contribution is -0.304. The van der Waals surface area contributed by atoms with Crippen LogP contribution in [0.25, 0.3) is 21.1 Å². The summed E-state index contributed by atoms with van der Waals surface area (Å²) in [6.45, 7) is 0. The number of thiophene rings is 1. The van der Waals surface area contributed by atoms with E-state index in [1.807, 2.05) is 0 Å². The third-order valence-electron chi connectivity index (χ3n) is 2.90. The van der Waals surface area contributed by atoms with Gasteiger partial charge in [0.25, 0.3) is 0 Å². The van der Waals surface area contributed by atoms with Gasteiger partial charge in [0.05, 0.1) is 14.9 Å². The fourth-order valence-electron chi connectivity index (χ4n) is 1.95. The Morgan fingerprint density at radius 2 is 1.91 bits per heavy atom. The molecule has 0 fully saturated rings. The summed E-state index contributed by atoms with van der Waals surface area (Å²) >= 11 is 8.52. The van der Waals surface area contributed by atoms with E-state index in [0.29, 0.717) is 19.9 Å². The second-order valence-corrected chi connectivity index (χ2v) is 7.25. The molecule has 0 amide bonds. The van der Waals surface area contributed by atoms with Crippen molar-refractivity contribution in [2.75, 3.05) is 0 Å². The van der Waals surface area contributed by atoms with Crippen LogP contribution in [0.1, 0.15) is 4.88 Å². The van der Waals surface area contributed by atoms with Crippen LogP contribution in [0.3, 0.4) is 0 Å². The van der Waals surface area contributed by atoms with E-state index in [2.05, 4.69) is 4.98 Å². The number of carbonyl (C=O) groups is 1. The molecule has 0 saturated carbocycles. The molecule has 22 heavy (non-hydrogen) atoms. The van der Waals surface area contributed by atoms with Crippen molar-refractivity contribution in [3.63, 3.8) is 0 Å². The van der Waals surface area contributed by atoms with Gasteiger partial charge in [0.15, 0.2) is 0 Å². The average molecular weight is 353 g/mol. The van der Waals surface area contributed by atoms with Crippen LogP contribution in [0.2, 0.25) is 4.34 Å². The minimum absolute atomic E-state index is 0.219. The normalized spacial score (nSPS) is 10.8. The van der Waals surface area contributed by atoms with E-state index in [4.69, 9.17) is 11.6 Å². The monoisotopic (exact) mass is 352 g/mol. The molecule has 112 valence electrons. The predicted octanol–water partition coefficient (Wildman–Crippen LogP) is 3.62. The highest BCUT2D eigenvalue weighted by Crippen LogP contribution is 2.38. The van der Waals surface area contributed by atoms with Crippen molar-refractivity contribution >= 4 is 40.2 Å². The van der Waals surface area contributed by atoms with E-state index >= 15 is 0 Å². The molecule has 7 heteroatoms. The summed E-state index contributed by atoms with van der Waals surface area (Å²) in [5.41, 5.74) is 1.32. The van der Waals surface area contributed by atoms with Crippen LogP contribution < -0.4 is 5.11 Å². The van der Waals surface area contributed by atoms with Gasteiger partial charge in [-0.05, 0) is 36.4 Å². The molecule has 2 aromatic heterocycles. The highest BCUT2D eigenvalue weighted by Gasteiger charge is 2.16. The second kappa shape index (κ2) is 6.16. The Kier molecular flexibility index (Phi) is 4.24. The van der Waals surface area contributed by atoms with Crippen molar-refractivity contribution in [2.24, 2.45) is 0 Å². The van der Waals surface area contributed by atoms with Gasteiger partial charge >= 0.3 is 0 Å². The van der Waals surface area contributed by atoms with Crippen LogP contribution in [0.4, 0.5) is 4.39 Å². The molecule has 1 aromatic carbocycles. The maximum absolute atomic E-state index is 13.0. The van der Waals surface area contributed by atoms with Crippen molar-refractivity contribution in [3.8, 4) is 21.1 Å². The van der Waals surface area contributed by atoms with Crippen molar-refractivity contribution in [3.05, 3.63) is 51.4 Å². The fraction of sp³-hybridized carbons (Fsp3) is 0.0667. The molecule has 3 nitrogen and oxygen atoms in total. The summed E-state index contributed by atoms with van der Waals surface area (Å²) in [7, 11) is 0. The Morgan fingerprint density at radius 1 is 1.18 bits per heavy atom. The lowest BCUT2D eigenvalue weighted by Gasteiger charge is -2.00. The Morgan fingerprint density at radius 3 is 2.50 bits per heavy atom. The molecule has 0 bridgehead atoms.